The van der Waals surface area contributed by atoms with Crippen LogP contribution in [-0.2, 0) is 0 Å². The van der Waals surface area contributed by atoms with E-state index in [0.717, 1.165) is 25.7 Å². The molecule has 1 aliphatic rings. The van der Waals surface area contributed by atoms with Crippen LogP contribution in [-0.4, -0.2) is 29.3 Å². The fourth-order valence-electron chi connectivity index (χ4n) is 2.42. The lowest BCUT2D eigenvalue weighted by Crippen LogP contribution is -2.41. The third-order valence-corrected chi connectivity index (χ3v) is 4.15. The van der Waals surface area contributed by atoms with Gasteiger partial charge in [0.15, 0.2) is 0 Å². The summed E-state index contributed by atoms with van der Waals surface area (Å²) in [5.74, 6) is -0.172. The summed E-state index contributed by atoms with van der Waals surface area (Å²) in [6.07, 6.45) is 4.07. The van der Waals surface area contributed by atoms with Crippen molar-refractivity contribution in [2.45, 2.75) is 31.7 Å². The number of rotatable bonds is 2. The first-order chi connectivity index (χ1) is 9.13. The van der Waals surface area contributed by atoms with Crippen molar-refractivity contribution in [2.24, 2.45) is 0 Å². The van der Waals surface area contributed by atoms with Crippen LogP contribution < -0.4 is 0 Å². The van der Waals surface area contributed by atoms with Crippen LogP contribution in [0.15, 0.2) is 18.2 Å². The summed E-state index contributed by atoms with van der Waals surface area (Å²) in [4.78, 5) is 14.3. The lowest BCUT2D eigenvalue weighted by Gasteiger charge is -2.29. The molecule has 0 radical (unpaired) electrons. The highest BCUT2D eigenvalue weighted by Crippen LogP contribution is 2.24. The Hall–Kier alpha value is -0.800. The smallest absolute Gasteiger partial charge is 0.255 e. The summed E-state index contributed by atoms with van der Waals surface area (Å²) < 4.78 is 13.0. The number of amides is 1. The van der Waals surface area contributed by atoms with Crippen molar-refractivity contribution >= 4 is 29.1 Å². The lowest BCUT2D eigenvalue weighted by atomic mass is 10.1. The number of halogens is 3. The van der Waals surface area contributed by atoms with E-state index in [9.17, 15) is 9.18 Å². The molecule has 0 spiro atoms. The largest absolute Gasteiger partial charge is 0.334 e. The van der Waals surface area contributed by atoms with E-state index >= 15 is 0 Å². The van der Waals surface area contributed by atoms with Crippen molar-refractivity contribution in [3.05, 3.63) is 34.6 Å². The molecule has 0 bridgehead atoms. The zero-order valence-electron chi connectivity index (χ0n) is 10.5. The Morgan fingerprint density at radius 2 is 2.16 bits per heavy atom. The second-order valence-corrected chi connectivity index (χ2v) is 5.50. The highest BCUT2D eigenvalue weighted by Gasteiger charge is 2.26. The maximum atomic E-state index is 13.0. The van der Waals surface area contributed by atoms with Gasteiger partial charge < -0.3 is 4.90 Å². The second kappa shape index (κ2) is 6.58. The Morgan fingerprint density at radius 1 is 1.37 bits per heavy atom. The normalized spacial score (nSPS) is 20.2. The number of carbonyl (C=O) groups is 1. The van der Waals surface area contributed by atoms with Crippen LogP contribution in [0.2, 0.25) is 5.02 Å². The number of carbonyl (C=O) groups excluding carboxylic acids is 1. The van der Waals surface area contributed by atoms with E-state index in [1.165, 1.54) is 18.2 Å². The van der Waals surface area contributed by atoms with E-state index in [4.69, 9.17) is 23.2 Å². The molecule has 0 saturated carbocycles. The zero-order valence-corrected chi connectivity index (χ0v) is 12.1. The summed E-state index contributed by atoms with van der Waals surface area (Å²) in [7, 11) is 0. The van der Waals surface area contributed by atoms with E-state index in [2.05, 4.69) is 0 Å². The highest BCUT2D eigenvalue weighted by molar-refractivity contribution is 6.33. The number of nitrogens with zero attached hydrogens (tertiary/aromatic N) is 1. The average molecular weight is 304 g/mol. The number of benzene rings is 1. The molecule has 1 saturated heterocycles. The van der Waals surface area contributed by atoms with Gasteiger partial charge >= 0.3 is 0 Å². The molecule has 0 aliphatic carbocycles. The van der Waals surface area contributed by atoms with Crippen LogP contribution in [0.1, 0.15) is 36.0 Å². The topological polar surface area (TPSA) is 20.3 Å². The molecule has 2 nitrogen and oxygen atoms in total. The molecule has 1 fully saturated rings. The molecule has 1 amide bonds. The Morgan fingerprint density at radius 3 is 2.84 bits per heavy atom. The van der Waals surface area contributed by atoms with Gasteiger partial charge in [-0.15, -0.1) is 11.6 Å². The fraction of sp³-hybridized carbons (Fsp3) is 0.500. The van der Waals surface area contributed by atoms with E-state index in [-0.39, 0.29) is 17.0 Å². The minimum Gasteiger partial charge on any atom is -0.334 e. The van der Waals surface area contributed by atoms with Crippen molar-refractivity contribution in [3.8, 4) is 0 Å². The van der Waals surface area contributed by atoms with Gasteiger partial charge in [-0.1, -0.05) is 24.4 Å². The molecule has 1 heterocycles. The molecule has 1 atom stereocenters. The molecule has 0 N–H and O–H groups in total. The van der Waals surface area contributed by atoms with Gasteiger partial charge in [-0.2, -0.15) is 0 Å². The van der Waals surface area contributed by atoms with Crippen LogP contribution in [0.5, 0.6) is 0 Å². The summed E-state index contributed by atoms with van der Waals surface area (Å²) in [5.41, 5.74) is 0.347. The third kappa shape index (κ3) is 3.40. The van der Waals surface area contributed by atoms with Crippen molar-refractivity contribution in [1.82, 2.24) is 4.90 Å². The van der Waals surface area contributed by atoms with E-state index in [0.29, 0.717) is 18.0 Å². The first-order valence-electron chi connectivity index (χ1n) is 6.45. The number of hydrogen-bond acceptors (Lipinski definition) is 1. The Bertz CT molecular complexity index is 467. The van der Waals surface area contributed by atoms with Crippen LogP contribution in [0.25, 0.3) is 0 Å². The molecule has 1 aliphatic heterocycles. The van der Waals surface area contributed by atoms with Gasteiger partial charge in [0.1, 0.15) is 5.82 Å². The van der Waals surface area contributed by atoms with Crippen LogP contribution >= 0.6 is 23.2 Å². The van der Waals surface area contributed by atoms with Crippen LogP contribution in [0, 0.1) is 5.82 Å². The molecular formula is C14H16Cl2FNO. The standard InChI is InChI=1S/C14H16Cl2FNO/c15-9-11-4-2-1-3-7-18(11)14(19)12-6-5-10(17)8-13(12)16/h5-6,8,11H,1-4,7,9H2. The monoisotopic (exact) mass is 303 g/mol. The summed E-state index contributed by atoms with van der Waals surface area (Å²) in [6, 6.07) is 3.91. The van der Waals surface area contributed by atoms with Crippen LogP contribution in [0.4, 0.5) is 4.39 Å². The third-order valence-electron chi connectivity index (χ3n) is 3.48. The first-order valence-corrected chi connectivity index (χ1v) is 7.36. The van der Waals surface area contributed by atoms with Gasteiger partial charge in [-0.3, -0.25) is 4.79 Å². The molecule has 1 unspecified atom stereocenters. The molecule has 19 heavy (non-hydrogen) atoms. The fourth-order valence-corrected chi connectivity index (χ4v) is 2.99. The maximum Gasteiger partial charge on any atom is 0.255 e. The van der Waals surface area contributed by atoms with Crippen molar-refractivity contribution < 1.29 is 9.18 Å². The van der Waals surface area contributed by atoms with Gasteiger partial charge in [0, 0.05) is 18.5 Å². The Kier molecular flexibility index (Phi) is 5.06. The van der Waals surface area contributed by atoms with Crippen LogP contribution in [0.3, 0.4) is 0 Å². The molecule has 1 aromatic rings. The van der Waals surface area contributed by atoms with Gasteiger partial charge in [0.2, 0.25) is 0 Å². The average Bonchev–Trinajstić information content (AvgIpc) is 2.63. The molecule has 0 aromatic heterocycles. The molecular weight excluding hydrogens is 288 g/mol. The highest BCUT2D eigenvalue weighted by atomic mass is 35.5. The summed E-state index contributed by atoms with van der Waals surface area (Å²) >= 11 is 11.9. The summed E-state index contributed by atoms with van der Waals surface area (Å²) in [6.45, 7) is 0.684. The Balaban J connectivity index is 2.25. The van der Waals surface area contributed by atoms with Gasteiger partial charge in [0.05, 0.1) is 10.6 Å². The minimum absolute atomic E-state index is 0.0396. The number of hydrogen-bond donors (Lipinski definition) is 0. The van der Waals surface area contributed by atoms with E-state index in [1.807, 2.05) is 0 Å². The van der Waals surface area contributed by atoms with Gasteiger partial charge in [0.25, 0.3) is 5.91 Å². The van der Waals surface area contributed by atoms with Gasteiger partial charge in [-0.25, -0.2) is 4.39 Å². The lowest BCUT2D eigenvalue weighted by molar-refractivity contribution is 0.0700. The molecule has 5 heteroatoms. The van der Waals surface area contributed by atoms with Gasteiger partial charge in [-0.05, 0) is 31.0 Å². The first kappa shape index (κ1) is 14.6. The predicted molar refractivity (Wildman–Crippen MR) is 75.4 cm³/mol. The Labute approximate surface area is 122 Å². The van der Waals surface area contributed by atoms with Crippen molar-refractivity contribution in [2.75, 3.05) is 12.4 Å². The second-order valence-electron chi connectivity index (χ2n) is 4.78. The predicted octanol–water partition coefficient (Wildman–Crippen LogP) is 4.10. The molecule has 104 valence electrons. The summed E-state index contributed by atoms with van der Waals surface area (Å²) in [5, 5.41) is 0.155. The van der Waals surface area contributed by atoms with E-state index < -0.39 is 5.82 Å². The minimum atomic E-state index is -0.439. The quantitative estimate of drug-likeness (QED) is 0.753. The SMILES string of the molecule is O=C(c1ccc(F)cc1Cl)N1CCCCCC1CCl. The maximum absolute atomic E-state index is 13.0. The van der Waals surface area contributed by atoms with Crippen molar-refractivity contribution in [1.29, 1.82) is 0 Å². The number of alkyl halides is 1. The zero-order chi connectivity index (χ0) is 13.8. The van der Waals surface area contributed by atoms with E-state index in [1.54, 1.807) is 4.90 Å². The molecule has 1 aromatic carbocycles. The van der Waals surface area contributed by atoms with Crippen molar-refractivity contribution in [3.63, 3.8) is 0 Å². The molecule has 2 rings (SSSR count). The number of likely N-dealkylation sites (tertiary alicyclic amines) is 1.